The Bertz CT molecular complexity index is 1340. The van der Waals surface area contributed by atoms with E-state index in [1.807, 2.05) is 0 Å². The first kappa shape index (κ1) is 70.1. The second-order valence-corrected chi connectivity index (χ2v) is 21.1. The average molecular weight is 1020 g/mol. The Morgan fingerprint density at radius 1 is 0.329 bits per heavy atom. The lowest BCUT2D eigenvalue weighted by Crippen LogP contribution is -2.28. The summed E-state index contributed by atoms with van der Waals surface area (Å²) in [4.78, 5) is 24.6. The van der Waals surface area contributed by atoms with Crippen molar-refractivity contribution in [3.63, 3.8) is 0 Å². The second-order valence-electron chi connectivity index (χ2n) is 21.1. The molecule has 0 aromatic carbocycles. The van der Waals surface area contributed by atoms with Gasteiger partial charge in [-0.05, 0) is 70.6 Å². The molecule has 0 bridgehead atoms. The molecule has 0 aromatic rings. The number of rotatable bonds is 58. The molecule has 0 saturated heterocycles. The predicted octanol–water partition coefficient (Wildman–Crippen LogP) is 21.7. The monoisotopic (exact) mass is 1020 g/mol. The zero-order chi connectivity index (χ0) is 52.7. The fourth-order valence-corrected chi connectivity index (χ4v) is 9.25. The van der Waals surface area contributed by atoms with Crippen LogP contribution in [0.2, 0.25) is 0 Å². The number of hydrogen-bond donors (Lipinski definition) is 1. The summed E-state index contributed by atoms with van der Waals surface area (Å²) in [5.74, 6) is -0.594. The molecule has 0 aromatic heterocycles. The van der Waals surface area contributed by atoms with Gasteiger partial charge >= 0.3 is 11.9 Å². The lowest BCUT2D eigenvalue weighted by molar-refractivity contribution is -0.161. The number of hydrogen-bond acceptors (Lipinski definition) is 5. The Morgan fingerprint density at radius 2 is 0.589 bits per heavy atom. The van der Waals surface area contributed by atoms with E-state index < -0.39 is 6.10 Å². The van der Waals surface area contributed by atoms with Gasteiger partial charge in [0.25, 0.3) is 0 Å². The van der Waals surface area contributed by atoms with Crippen LogP contribution in [-0.4, -0.2) is 36.4 Å². The van der Waals surface area contributed by atoms with Crippen LogP contribution < -0.4 is 0 Å². The van der Waals surface area contributed by atoms with Crippen LogP contribution in [0, 0.1) is 0 Å². The topological polar surface area (TPSA) is 72.8 Å². The van der Waals surface area contributed by atoms with Gasteiger partial charge in [-0.25, -0.2) is 0 Å². The van der Waals surface area contributed by atoms with E-state index in [0.29, 0.717) is 12.8 Å². The first-order valence-corrected chi connectivity index (χ1v) is 31.6. The van der Waals surface area contributed by atoms with Gasteiger partial charge < -0.3 is 14.6 Å². The standard InChI is InChI=1S/C68H120O5/c1-3-5-7-9-11-13-15-17-19-21-23-25-27-29-31-33-35-36-38-40-42-44-46-48-50-52-54-56-58-60-62-67(70)72-65-66(64-69)73-68(71)63-61-59-57-55-53-51-49-47-45-43-41-39-37-34-32-30-28-26-24-22-20-18-16-14-12-10-8-6-4-2/h6,8,12,14,18,20,24,26,30,32,37,39,43,45,66,69H,3-5,7,9-11,13,15-17,19,21-23,25,27-29,31,33-36,38,40-42,44,46-65H2,1-2H3/b8-6-,14-12-,20-18-,26-24-,32-30-,39-37-,45-43-. The van der Waals surface area contributed by atoms with Crippen molar-refractivity contribution in [2.24, 2.45) is 0 Å². The molecule has 0 amide bonds. The average Bonchev–Trinajstić information content (AvgIpc) is 3.39. The number of aliphatic hydroxyl groups is 1. The summed E-state index contributed by atoms with van der Waals surface area (Å²) in [5.41, 5.74) is 0. The molecule has 0 fully saturated rings. The highest BCUT2D eigenvalue weighted by Crippen LogP contribution is 2.18. The molecule has 1 N–H and O–H groups in total. The summed E-state index contributed by atoms with van der Waals surface area (Å²) in [5, 5.41) is 9.68. The van der Waals surface area contributed by atoms with Crippen LogP contribution in [0.1, 0.15) is 316 Å². The molecule has 1 atom stereocenters. The maximum absolute atomic E-state index is 12.3. The van der Waals surface area contributed by atoms with Gasteiger partial charge in [0, 0.05) is 12.8 Å². The van der Waals surface area contributed by atoms with E-state index in [9.17, 15) is 14.7 Å². The number of carbonyl (C=O) groups excluding carboxylic acids is 2. The molecule has 73 heavy (non-hydrogen) atoms. The normalized spacial score (nSPS) is 12.8. The van der Waals surface area contributed by atoms with Crippen LogP contribution in [0.25, 0.3) is 0 Å². The van der Waals surface area contributed by atoms with Gasteiger partial charge in [-0.2, -0.15) is 0 Å². The molecule has 5 nitrogen and oxygen atoms in total. The lowest BCUT2D eigenvalue weighted by Gasteiger charge is -2.15. The molecule has 0 heterocycles. The highest BCUT2D eigenvalue weighted by molar-refractivity contribution is 5.70. The molecule has 0 spiro atoms. The highest BCUT2D eigenvalue weighted by Gasteiger charge is 2.16. The maximum Gasteiger partial charge on any atom is 0.306 e. The number of esters is 2. The molecule has 0 rings (SSSR count). The van der Waals surface area contributed by atoms with Crippen molar-refractivity contribution in [3.05, 3.63) is 85.1 Å². The first-order chi connectivity index (χ1) is 36.1. The molecular weight excluding hydrogens is 897 g/mol. The summed E-state index contributed by atoms with van der Waals surface area (Å²) < 4.78 is 10.7. The van der Waals surface area contributed by atoms with Crippen molar-refractivity contribution < 1.29 is 24.2 Å². The minimum atomic E-state index is -0.783. The van der Waals surface area contributed by atoms with Gasteiger partial charge in [-0.3, -0.25) is 9.59 Å². The molecular formula is C68H120O5. The van der Waals surface area contributed by atoms with Crippen LogP contribution in [0.5, 0.6) is 0 Å². The molecule has 0 radical (unpaired) electrons. The fraction of sp³-hybridized carbons (Fsp3) is 0.765. The molecule has 0 saturated carbocycles. The largest absolute Gasteiger partial charge is 0.462 e. The maximum atomic E-state index is 12.3. The molecule has 1 unspecified atom stereocenters. The summed E-state index contributed by atoms with van der Waals surface area (Å²) in [7, 11) is 0. The second kappa shape index (κ2) is 63.4. The van der Waals surface area contributed by atoms with E-state index in [1.54, 1.807) is 0 Å². The van der Waals surface area contributed by atoms with Crippen molar-refractivity contribution in [1.29, 1.82) is 0 Å². The molecule has 5 heteroatoms. The Morgan fingerprint density at radius 3 is 0.890 bits per heavy atom. The number of carbonyl (C=O) groups is 2. The van der Waals surface area contributed by atoms with Crippen molar-refractivity contribution in [2.75, 3.05) is 13.2 Å². The van der Waals surface area contributed by atoms with E-state index in [0.717, 1.165) is 89.9 Å². The Labute approximate surface area is 454 Å². The smallest absolute Gasteiger partial charge is 0.306 e. The number of aliphatic hydroxyl groups excluding tert-OH is 1. The summed E-state index contributed by atoms with van der Waals surface area (Å²) in [6.07, 6.45) is 88.7. The van der Waals surface area contributed by atoms with Gasteiger partial charge in [0.15, 0.2) is 6.10 Å². The summed E-state index contributed by atoms with van der Waals surface area (Å²) >= 11 is 0. The van der Waals surface area contributed by atoms with Crippen molar-refractivity contribution in [3.8, 4) is 0 Å². The van der Waals surface area contributed by atoms with Crippen LogP contribution in [0.3, 0.4) is 0 Å². The van der Waals surface area contributed by atoms with Crippen LogP contribution in [-0.2, 0) is 19.1 Å². The van der Waals surface area contributed by atoms with E-state index in [2.05, 4.69) is 98.9 Å². The summed E-state index contributed by atoms with van der Waals surface area (Å²) in [6, 6.07) is 0. The Balaban J connectivity index is 3.49. The third kappa shape index (κ3) is 61.5. The van der Waals surface area contributed by atoms with E-state index in [1.165, 1.54) is 199 Å². The van der Waals surface area contributed by atoms with Crippen LogP contribution in [0.15, 0.2) is 85.1 Å². The van der Waals surface area contributed by atoms with Crippen molar-refractivity contribution in [1.82, 2.24) is 0 Å². The third-order valence-corrected chi connectivity index (χ3v) is 14.0. The van der Waals surface area contributed by atoms with E-state index in [-0.39, 0.29) is 25.2 Å². The van der Waals surface area contributed by atoms with Gasteiger partial charge in [-0.15, -0.1) is 0 Å². The summed E-state index contributed by atoms with van der Waals surface area (Å²) in [6.45, 7) is 4.05. The van der Waals surface area contributed by atoms with Crippen LogP contribution in [0.4, 0.5) is 0 Å². The van der Waals surface area contributed by atoms with Gasteiger partial charge in [0.05, 0.1) is 6.61 Å². The molecule has 0 aliphatic rings. The van der Waals surface area contributed by atoms with E-state index in [4.69, 9.17) is 9.47 Å². The zero-order valence-electron chi connectivity index (χ0n) is 48.4. The minimum absolute atomic E-state index is 0.0711. The zero-order valence-corrected chi connectivity index (χ0v) is 48.4. The molecule has 422 valence electrons. The van der Waals surface area contributed by atoms with E-state index >= 15 is 0 Å². The molecule has 0 aliphatic carbocycles. The highest BCUT2D eigenvalue weighted by atomic mass is 16.6. The van der Waals surface area contributed by atoms with Gasteiger partial charge in [0.1, 0.15) is 6.61 Å². The van der Waals surface area contributed by atoms with Gasteiger partial charge in [-0.1, -0.05) is 317 Å². The quantitative estimate of drug-likeness (QED) is 0.0373. The predicted molar refractivity (Wildman–Crippen MR) is 320 cm³/mol. The number of ether oxygens (including phenoxy) is 2. The van der Waals surface area contributed by atoms with Crippen molar-refractivity contribution in [2.45, 2.75) is 322 Å². The Hall–Kier alpha value is -2.92. The van der Waals surface area contributed by atoms with Crippen molar-refractivity contribution >= 4 is 11.9 Å². The number of unbranched alkanes of at least 4 members (excludes halogenated alkanes) is 36. The van der Waals surface area contributed by atoms with Crippen LogP contribution >= 0.6 is 0 Å². The lowest BCUT2D eigenvalue weighted by atomic mass is 10.0. The third-order valence-electron chi connectivity index (χ3n) is 14.0. The fourth-order valence-electron chi connectivity index (χ4n) is 9.25. The molecule has 0 aliphatic heterocycles. The number of allylic oxidation sites excluding steroid dienone is 14. The van der Waals surface area contributed by atoms with Gasteiger partial charge in [0.2, 0.25) is 0 Å². The first-order valence-electron chi connectivity index (χ1n) is 31.6. The SMILES string of the molecule is CC/C=C\C/C=C\C/C=C\C/C=C\C/C=C\C/C=C\C/C=C\CCCCCCCCCC(=O)OC(CO)COC(=O)CCCCCCCCCCCCCCCCCCCCCCCCCCCCCCCC. The Kier molecular flexibility index (Phi) is 60.8. The minimum Gasteiger partial charge on any atom is -0.462 e.